The number of benzene rings is 13. The molecule has 0 aliphatic rings. The topological polar surface area (TPSA) is 159 Å². The first-order valence-corrected chi connectivity index (χ1v) is 46.1. The second-order valence-corrected chi connectivity index (χ2v) is 33.6. The Kier molecular flexibility index (Phi) is 35.9. The van der Waals surface area contributed by atoms with Crippen LogP contribution in [-0.4, -0.2) is 115 Å². The van der Waals surface area contributed by atoms with Gasteiger partial charge in [0, 0.05) is 112 Å². The van der Waals surface area contributed by atoms with E-state index in [-0.39, 0.29) is 80.3 Å². The van der Waals surface area contributed by atoms with Crippen molar-refractivity contribution < 1.29 is 38.7 Å². The zero-order valence-corrected chi connectivity index (χ0v) is 74.3. The van der Waals surface area contributed by atoms with E-state index < -0.39 is 5.97 Å². The third kappa shape index (κ3) is 28.1. The van der Waals surface area contributed by atoms with E-state index in [1.165, 1.54) is 33.4 Å². The molecule has 658 valence electrons. The van der Waals surface area contributed by atoms with Crippen LogP contribution in [0.25, 0.3) is 0 Å². The highest BCUT2D eigenvalue weighted by atomic mass is 16.4. The Hall–Kier alpha value is -13.9. The summed E-state index contributed by atoms with van der Waals surface area (Å²) in [5.41, 5.74) is 14.0. The first-order valence-electron chi connectivity index (χ1n) is 46.1. The molecule has 0 radical (unpaired) electrons. The molecule has 0 unspecified atom stereocenters. The smallest absolute Gasteiger partial charge is 0.336 e. The van der Waals surface area contributed by atoms with Crippen LogP contribution in [0.1, 0.15) is 216 Å². The summed E-state index contributed by atoms with van der Waals surface area (Å²) in [5, 5.41) is 10.4. The number of carboxylic acids is 1. The molecule has 0 aromatic heterocycles. The largest absolute Gasteiger partial charge is 0.478 e. The number of unbranched alkanes of at least 4 members (excludes halogenated alkanes) is 6. The molecule has 6 amide bonds. The van der Waals surface area contributed by atoms with Gasteiger partial charge >= 0.3 is 5.97 Å². The minimum atomic E-state index is -1.07. The van der Waals surface area contributed by atoms with E-state index in [1.54, 1.807) is 29.2 Å². The Morgan fingerprint density at radius 2 is 0.326 bits per heavy atom. The molecule has 129 heavy (non-hydrogen) atoms. The minimum absolute atomic E-state index is 0.0694. The first-order chi connectivity index (χ1) is 63.4. The van der Waals surface area contributed by atoms with Crippen LogP contribution < -0.4 is 0 Å². The monoisotopic (exact) mass is 1710 g/mol. The van der Waals surface area contributed by atoms with E-state index >= 15 is 24.0 Å². The van der Waals surface area contributed by atoms with Crippen molar-refractivity contribution in [1.29, 1.82) is 0 Å². The van der Waals surface area contributed by atoms with Gasteiger partial charge in [0.1, 0.15) is 0 Å². The molecule has 0 atom stereocenters. The van der Waals surface area contributed by atoms with E-state index in [2.05, 4.69) is 84.9 Å². The van der Waals surface area contributed by atoms with Crippen molar-refractivity contribution in [2.24, 2.45) is 0 Å². The quantitative estimate of drug-likeness (QED) is 0.0369. The average Bonchev–Trinajstić information content (AvgIpc) is 0.799. The van der Waals surface area contributed by atoms with Crippen LogP contribution in [-0.2, 0) is 77.8 Å². The van der Waals surface area contributed by atoms with Crippen LogP contribution in [0.3, 0.4) is 0 Å². The summed E-state index contributed by atoms with van der Waals surface area (Å²) in [7, 11) is 0. The molecule has 13 aromatic rings. The van der Waals surface area contributed by atoms with Crippen molar-refractivity contribution in [1.82, 2.24) is 29.4 Å². The Morgan fingerprint density at radius 3 is 0.519 bits per heavy atom. The Bertz CT molecular complexity index is 5700. The molecule has 0 aliphatic carbocycles. The van der Waals surface area contributed by atoms with Crippen LogP contribution in [0.15, 0.2) is 358 Å². The molecule has 13 rings (SSSR count). The van der Waals surface area contributed by atoms with Gasteiger partial charge in [0.2, 0.25) is 0 Å². The average molecular weight is 1710 g/mol. The molecule has 0 spiro atoms. The van der Waals surface area contributed by atoms with Crippen LogP contribution >= 0.6 is 0 Å². The number of amides is 6. The lowest BCUT2D eigenvalue weighted by molar-refractivity contribution is 0.0679. The van der Waals surface area contributed by atoms with Gasteiger partial charge in [0.05, 0.1) is 5.56 Å². The van der Waals surface area contributed by atoms with E-state index in [4.69, 9.17) is 0 Å². The maximum Gasteiger partial charge on any atom is 0.336 e. The van der Waals surface area contributed by atoms with Gasteiger partial charge in [-0.25, -0.2) is 4.79 Å². The highest BCUT2D eigenvalue weighted by Crippen LogP contribution is 2.29. The molecule has 14 heteroatoms. The Labute approximate surface area is 762 Å². The third-order valence-corrected chi connectivity index (χ3v) is 24.3. The number of carboxylic acid groups (broad SMARTS) is 1. The predicted octanol–water partition coefficient (Wildman–Crippen LogP) is 23.4. The van der Waals surface area contributed by atoms with Crippen molar-refractivity contribution in [3.8, 4) is 0 Å². The lowest BCUT2D eigenvalue weighted by atomic mass is 10.00. The van der Waals surface area contributed by atoms with Gasteiger partial charge in [0.25, 0.3) is 35.4 Å². The molecule has 0 saturated heterocycles. The molecular weight excluding hydrogens is 1590 g/mol. The number of aryl methyl sites for hydroxylation is 6. The Balaban J connectivity index is 0.798. The van der Waals surface area contributed by atoms with Crippen LogP contribution in [0.5, 0.6) is 0 Å². The fourth-order valence-corrected chi connectivity index (χ4v) is 17.2. The fraction of sp³-hybridized carbons (Fsp3) is 0.261. The number of nitrogens with zero attached hydrogens (tertiary/aromatic N) is 6. The standard InChI is InChI=1S/C115H120N6O8/c122-109(96-64-20-7-21-65-96)116(78-40-34-58-90-46-8-1-9-47-90)84-97-66-22-28-72-103(97)110(123)117(79-41-35-59-91-48-10-2-11-49-91)85-98-67-23-29-73-104(98)111(124)118(80-42-36-60-92-50-12-3-13-51-92)86-99-68-24-30-74-105(99)112(125)119(81-43-37-61-93-52-14-4-15-53-93)87-100-69-25-31-75-106(100)113(126)120(82-44-38-62-94-54-16-5-17-55-94)88-101-70-26-32-76-107(101)114(127)121(83-45-39-63-95-56-18-6-19-57-95)89-102-71-27-33-77-108(102)115(128)129/h1-33,46-57,64-77H,34-45,58-63,78-89H2,(H,128,129). The van der Waals surface area contributed by atoms with E-state index in [0.717, 1.165) is 89.0 Å². The van der Waals surface area contributed by atoms with E-state index in [1.807, 2.05) is 273 Å². The van der Waals surface area contributed by atoms with Crippen molar-refractivity contribution in [2.45, 2.75) is 155 Å². The molecule has 0 bridgehead atoms. The molecule has 0 aliphatic heterocycles. The van der Waals surface area contributed by atoms with E-state index in [0.29, 0.717) is 133 Å². The van der Waals surface area contributed by atoms with Crippen molar-refractivity contribution in [3.05, 3.63) is 464 Å². The lowest BCUT2D eigenvalue weighted by Gasteiger charge is -2.30. The van der Waals surface area contributed by atoms with Gasteiger partial charge < -0.3 is 34.5 Å². The summed E-state index contributed by atoms with van der Waals surface area (Å²) >= 11 is 0. The normalized spacial score (nSPS) is 11.0. The second-order valence-electron chi connectivity index (χ2n) is 33.6. The van der Waals surface area contributed by atoms with Gasteiger partial charge in [-0.05, 0) is 231 Å². The number of aromatic carboxylic acids is 1. The van der Waals surface area contributed by atoms with Gasteiger partial charge in [-0.2, -0.15) is 0 Å². The molecule has 0 saturated carbocycles. The van der Waals surface area contributed by atoms with Crippen LogP contribution in [0.2, 0.25) is 0 Å². The van der Waals surface area contributed by atoms with Crippen molar-refractivity contribution in [3.63, 3.8) is 0 Å². The fourth-order valence-electron chi connectivity index (χ4n) is 17.2. The lowest BCUT2D eigenvalue weighted by Crippen LogP contribution is -2.37. The molecule has 0 heterocycles. The minimum Gasteiger partial charge on any atom is -0.478 e. The number of hydrogen-bond donors (Lipinski definition) is 1. The molecule has 1 N–H and O–H groups in total. The number of hydrogen-bond acceptors (Lipinski definition) is 7. The highest BCUT2D eigenvalue weighted by molar-refractivity contribution is 6.01. The zero-order chi connectivity index (χ0) is 89.4. The first kappa shape index (κ1) is 92.8. The summed E-state index contributed by atoms with van der Waals surface area (Å²) in [6.07, 6.45) is 13.8. The summed E-state index contributed by atoms with van der Waals surface area (Å²) in [5.74, 6) is -2.38. The molecule has 14 nitrogen and oxygen atoms in total. The third-order valence-electron chi connectivity index (χ3n) is 24.3. The number of rotatable bonds is 49. The van der Waals surface area contributed by atoms with Gasteiger partial charge in [-0.3, -0.25) is 28.8 Å². The molecule has 13 aromatic carbocycles. The van der Waals surface area contributed by atoms with E-state index in [9.17, 15) is 14.7 Å². The predicted molar refractivity (Wildman–Crippen MR) is 517 cm³/mol. The van der Waals surface area contributed by atoms with Crippen molar-refractivity contribution in [2.75, 3.05) is 39.3 Å². The SMILES string of the molecule is O=C(O)c1ccccc1CN(CCCCc1ccccc1)C(=O)c1ccccc1CN(CCCCc1ccccc1)C(=O)c1ccccc1CN(CCCCc1ccccc1)C(=O)c1ccccc1CN(CCCCc1ccccc1)C(=O)c1ccccc1CN(CCCCc1ccccc1)C(=O)c1ccccc1CN(CCCCc1ccccc1)C(=O)c1ccccc1. The Morgan fingerprint density at radius 1 is 0.171 bits per heavy atom. The second kappa shape index (κ2) is 49.9. The maximum absolute atomic E-state index is 16.3. The van der Waals surface area contributed by atoms with Gasteiger partial charge in [-0.1, -0.05) is 309 Å². The highest BCUT2D eigenvalue weighted by Gasteiger charge is 2.31. The van der Waals surface area contributed by atoms with Crippen molar-refractivity contribution >= 4 is 41.4 Å². The van der Waals surface area contributed by atoms with Gasteiger partial charge in [-0.15, -0.1) is 0 Å². The molecular formula is C115H120N6O8. The molecule has 0 fully saturated rings. The zero-order valence-electron chi connectivity index (χ0n) is 74.3. The number of carbonyl (C=O) groups is 7. The summed E-state index contributed by atoms with van der Waals surface area (Å²) in [6, 6.07) is 116. The summed E-state index contributed by atoms with van der Waals surface area (Å²) < 4.78 is 0. The summed E-state index contributed by atoms with van der Waals surface area (Å²) in [6.45, 7) is 2.97. The summed E-state index contributed by atoms with van der Waals surface area (Å²) in [4.78, 5) is 119. The number of carbonyl (C=O) groups excluding carboxylic acids is 6. The van der Waals surface area contributed by atoms with Gasteiger partial charge in [0.15, 0.2) is 0 Å². The van der Waals surface area contributed by atoms with Crippen LogP contribution in [0.4, 0.5) is 0 Å². The maximum atomic E-state index is 16.3. The van der Waals surface area contributed by atoms with Crippen LogP contribution in [0, 0.1) is 0 Å².